The van der Waals surface area contributed by atoms with E-state index in [9.17, 15) is 13.2 Å². The van der Waals surface area contributed by atoms with Crippen LogP contribution in [0.1, 0.15) is 63.3 Å². The van der Waals surface area contributed by atoms with Crippen molar-refractivity contribution in [3.63, 3.8) is 0 Å². The van der Waals surface area contributed by atoms with Gasteiger partial charge in [-0.15, -0.1) is 0 Å². The molecule has 3 aromatic rings. The van der Waals surface area contributed by atoms with Crippen LogP contribution in [0, 0.1) is 27.7 Å². The van der Waals surface area contributed by atoms with Gasteiger partial charge in [-0.05, 0) is 74.9 Å². The third kappa shape index (κ3) is 5.49. The second-order valence-electron chi connectivity index (χ2n) is 9.42. The molecule has 2 heterocycles. The molecule has 4 rings (SSSR count). The fourth-order valence-corrected chi connectivity index (χ4v) is 6.46. The summed E-state index contributed by atoms with van der Waals surface area (Å²) in [5.41, 5.74) is 6.20. The van der Waals surface area contributed by atoms with Gasteiger partial charge in [0.1, 0.15) is 4.90 Å². The van der Waals surface area contributed by atoms with Crippen LogP contribution < -0.4 is 5.32 Å². The summed E-state index contributed by atoms with van der Waals surface area (Å²) in [4.78, 5) is 12.9. The van der Waals surface area contributed by atoms with Gasteiger partial charge in [0, 0.05) is 25.2 Å². The SMILES string of the molecule is Cc1ccc(CNC(=O)c2ccc(Cn3nc(C)c(S(=O)(=O)N4CCCCC4)c3C)cc2)cc1C. The van der Waals surface area contributed by atoms with Crippen molar-refractivity contribution >= 4 is 15.9 Å². The summed E-state index contributed by atoms with van der Waals surface area (Å²) in [6.45, 7) is 9.75. The zero-order valence-corrected chi connectivity index (χ0v) is 21.8. The second kappa shape index (κ2) is 10.3. The number of hydrogen-bond acceptors (Lipinski definition) is 4. The third-order valence-corrected chi connectivity index (χ3v) is 8.95. The van der Waals surface area contributed by atoms with Gasteiger partial charge in [0.15, 0.2) is 0 Å². The molecule has 35 heavy (non-hydrogen) atoms. The molecular formula is C27H34N4O3S. The van der Waals surface area contributed by atoms with E-state index >= 15 is 0 Å². The summed E-state index contributed by atoms with van der Waals surface area (Å²) < 4.78 is 29.8. The molecular weight excluding hydrogens is 460 g/mol. The fourth-order valence-electron chi connectivity index (χ4n) is 4.57. The molecule has 0 atom stereocenters. The largest absolute Gasteiger partial charge is 0.348 e. The van der Waals surface area contributed by atoms with Gasteiger partial charge in [0.2, 0.25) is 10.0 Å². The average molecular weight is 495 g/mol. The quantitative estimate of drug-likeness (QED) is 0.532. The summed E-state index contributed by atoms with van der Waals surface area (Å²) in [6, 6.07) is 13.5. The lowest BCUT2D eigenvalue weighted by molar-refractivity contribution is 0.0951. The smallest absolute Gasteiger partial charge is 0.251 e. The van der Waals surface area contributed by atoms with Gasteiger partial charge < -0.3 is 5.32 Å². The predicted molar refractivity (Wildman–Crippen MR) is 137 cm³/mol. The Morgan fingerprint density at radius 2 is 1.57 bits per heavy atom. The Kier molecular flexibility index (Phi) is 7.42. The third-order valence-electron chi connectivity index (χ3n) is 6.80. The number of sulfonamides is 1. The van der Waals surface area contributed by atoms with Crippen LogP contribution in [0.4, 0.5) is 0 Å². The Morgan fingerprint density at radius 3 is 2.23 bits per heavy atom. The lowest BCUT2D eigenvalue weighted by Gasteiger charge is -2.26. The Morgan fingerprint density at radius 1 is 0.914 bits per heavy atom. The molecule has 1 aromatic heterocycles. The molecule has 7 nitrogen and oxygen atoms in total. The minimum Gasteiger partial charge on any atom is -0.348 e. The highest BCUT2D eigenvalue weighted by atomic mass is 32.2. The Labute approximate surface area is 208 Å². The number of nitrogens with one attached hydrogen (secondary N) is 1. The molecule has 2 aromatic carbocycles. The lowest BCUT2D eigenvalue weighted by atomic mass is 10.1. The molecule has 0 unspecified atom stereocenters. The second-order valence-corrected chi connectivity index (χ2v) is 11.3. The lowest BCUT2D eigenvalue weighted by Crippen LogP contribution is -2.36. The summed E-state index contributed by atoms with van der Waals surface area (Å²) in [5, 5.41) is 7.50. The number of amides is 1. The summed E-state index contributed by atoms with van der Waals surface area (Å²) in [7, 11) is -3.55. The molecule has 1 N–H and O–H groups in total. The van der Waals surface area contributed by atoms with Gasteiger partial charge in [-0.25, -0.2) is 8.42 Å². The monoisotopic (exact) mass is 494 g/mol. The molecule has 1 fully saturated rings. The maximum atomic E-state index is 13.2. The van der Waals surface area contributed by atoms with Gasteiger partial charge in [0.25, 0.3) is 5.91 Å². The molecule has 0 radical (unpaired) electrons. The van der Waals surface area contributed by atoms with Gasteiger partial charge in [-0.3, -0.25) is 9.48 Å². The molecule has 0 aliphatic carbocycles. The normalized spacial score (nSPS) is 14.7. The van der Waals surface area contributed by atoms with Gasteiger partial charge in [0.05, 0.1) is 17.9 Å². The Bertz CT molecular complexity index is 1320. The minimum absolute atomic E-state index is 0.129. The molecule has 0 spiro atoms. The number of aromatic nitrogens is 2. The van der Waals surface area contributed by atoms with Gasteiger partial charge >= 0.3 is 0 Å². The molecule has 0 saturated carbocycles. The number of hydrogen-bond donors (Lipinski definition) is 1. The first-order valence-electron chi connectivity index (χ1n) is 12.1. The molecule has 186 valence electrons. The number of aryl methyl sites for hydroxylation is 3. The number of carbonyl (C=O) groups is 1. The molecule has 1 aliphatic rings. The van der Waals surface area contributed by atoms with Crippen molar-refractivity contribution in [2.45, 2.75) is 64.9 Å². The Hall–Kier alpha value is -2.97. The first kappa shape index (κ1) is 25.1. The van der Waals surface area contributed by atoms with Crippen LogP contribution in [0.2, 0.25) is 0 Å². The fraction of sp³-hybridized carbons (Fsp3) is 0.407. The number of rotatable bonds is 7. The van der Waals surface area contributed by atoms with Gasteiger partial charge in [-0.2, -0.15) is 9.40 Å². The molecule has 1 amide bonds. The summed E-state index contributed by atoms with van der Waals surface area (Å²) in [5.74, 6) is -0.129. The summed E-state index contributed by atoms with van der Waals surface area (Å²) in [6.07, 6.45) is 2.87. The highest BCUT2D eigenvalue weighted by Crippen LogP contribution is 2.26. The van der Waals surface area contributed by atoms with E-state index in [2.05, 4.69) is 36.4 Å². The first-order valence-corrected chi connectivity index (χ1v) is 13.6. The van der Waals surface area contributed by atoms with E-state index in [0.29, 0.717) is 48.0 Å². The average Bonchev–Trinajstić information content (AvgIpc) is 3.13. The predicted octanol–water partition coefficient (Wildman–Crippen LogP) is 4.27. The van der Waals surface area contributed by atoms with E-state index in [-0.39, 0.29) is 5.91 Å². The van der Waals surface area contributed by atoms with Crippen LogP contribution in [0.25, 0.3) is 0 Å². The number of benzene rings is 2. The summed E-state index contributed by atoms with van der Waals surface area (Å²) >= 11 is 0. The molecule has 0 bridgehead atoms. The molecule has 1 aliphatic heterocycles. The maximum absolute atomic E-state index is 13.2. The minimum atomic E-state index is -3.55. The number of carbonyl (C=O) groups excluding carboxylic acids is 1. The van der Waals surface area contributed by atoms with E-state index in [0.717, 1.165) is 30.4 Å². The first-order chi connectivity index (χ1) is 16.7. The van der Waals surface area contributed by atoms with Crippen molar-refractivity contribution in [3.05, 3.63) is 81.7 Å². The van der Waals surface area contributed by atoms with E-state index in [1.165, 1.54) is 11.1 Å². The highest BCUT2D eigenvalue weighted by molar-refractivity contribution is 7.89. The van der Waals surface area contributed by atoms with Crippen LogP contribution in [0.5, 0.6) is 0 Å². The van der Waals surface area contributed by atoms with Crippen molar-refractivity contribution < 1.29 is 13.2 Å². The zero-order valence-electron chi connectivity index (χ0n) is 21.0. The van der Waals surface area contributed by atoms with Crippen molar-refractivity contribution in [2.24, 2.45) is 0 Å². The van der Waals surface area contributed by atoms with Crippen molar-refractivity contribution in [2.75, 3.05) is 13.1 Å². The van der Waals surface area contributed by atoms with Crippen LogP contribution >= 0.6 is 0 Å². The zero-order chi connectivity index (χ0) is 25.2. The molecule has 8 heteroatoms. The topological polar surface area (TPSA) is 84.3 Å². The van der Waals surface area contributed by atoms with Crippen LogP contribution in [0.3, 0.4) is 0 Å². The van der Waals surface area contributed by atoms with Crippen LogP contribution in [-0.4, -0.2) is 41.5 Å². The van der Waals surface area contributed by atoms with Crippen molar-refractivity contribution in [3.8, 4) is 0 Å². The van der Waals surface area contributed by atoms with Crippen molar-refractivity contribution in [1.29, 1.82) is 0 Å². The van der Waals surface area contributed by atoms with E-state index in [4.69, 9.17) is 0 Å². The highest BCUT2D eigenvalue weighted by Gasteiger charge is 2.31. The van der Waals surface area contributed by atoms with E-state index < -0.39 is 10.0 Å². The van der Waals surface area contributed by atoms with Crippen LogP contribution in [-0.2, 0) is 23.1 Å². The van der Waals surface area contributed by atoms with Crippen LogP contribution in [0.15, 0.2) is 47.4 Å². The molecule has 1 saturated heterocycles. The van der Waals surface area contributed by atoms with Crippen molar-refractivity contribution in [1.82, 2.24) is 19.4 Å². The van der Waals surface area contributed by atoms with E-state index in [1.54, 1.807) is 28.0 Å². The maximum Gasteiger partial charge on any atom is 0.251 e. The number of piperidine rings is 1. The standard InChI is InChI=1S/C27H34N4O3S/c1-19-8-9-24(16-20(19)2)17-28-27(32)25-12-10-23(11-13-25)18-31-22(4)26(21(3)29-31)35(33,34)30-14-6-5-7-15-30/h8-13,16H,5-7,14-15,17-18H2,1-4H3,(H,28,32). The Balaban J connectivity index is 1.43. The van der Waals surface area contributed by atoms with Gasteiger partial charge in [-0.1, -0.05) is 36.8 Å². The van der Waals surface area contributed by atoms with E-state index in [1.807, 2.05) is 25.1 Å². The number of nitrogens with zero attached hydrogens (tertiary/aromatic N) is 3.